The van der Waals surface area contributed by atoms with Crippen molar-refractivity contribution in [3.8, 4) is 6.07 Å². The van der Waals surface area contributed by atoms with Crippen molar-refractivity contribution in [3.05, 3.63) is 28.2 Å². The van der Waals surface area contributed by atoms with E-state index in [9.17, 15) is 9.90 Å². The minimum Gasteiger partial charge on any atom is -0.481 e. The first-order valence-electron chi connectivity index (χ1n) is 6.33. The van der Waals surface area contributed by atoms with Gasteiger partial charge in [0.15, 0.2) is 0 Å². The number of nitrogens with one attached hydrogen (secondary N) is 1. The van der Waals surface area contributed by atoms with Crippen molar-refractivity contribution in [2.24, 2.45) is 5.41 Å². The molecule has 0 amide bonds. The zero-order valence-corrected chi connectivity index (χ0v) is 12.4. The van der Waals surface area contributed by atoms with Crippen LogP contribution in [0.5, 0.6) is 0 Å². The lowest BCUT2D eigenvalue weighted by Gasteiger charge is -2.33. The normalized spacial score (nSPS) is 17.2. The van der Waals surface area contributed by atoms with Gasteiger partial charge in [-0.1, -0.05) is 6.07 Å². The van der Waals surface area contributed by atoms with E-state index in [1.54, 1.807) is 12.1 Å². The van der Waals surface area contributed by atoms with Crippen LogP contribution in [-0.2, 0) is 9.53 Å². The number of carboxylic acid groups (broad SMARTS) is 1. The molecule has 0 saturated carbocycles. The van der Waals surface area contributed by atoms with Gasteiger partial charge in [0.05, 0.1) is 16.7 Å². The number of ether oxygens (including phenoxy) is 1. The summed E-state index contributed by atoms with van der Waals surface area (Å²) >= 11 is 3.32. The summed E-state index contributed by atoms with van der Waals surface area (Å²) in [5.41, 5.74) is 0.307. The number of hydrogen-bond donors (Lipinski definition) is 2. The molecule has 1 aromatic carbocycles. The van der Waals surface area contributed by atoms with Gasteiger partial charge >= 0.3 is 5.97 Å². The van der Waals surface area contributed by atoms with E-state index in [1.165, 1.54) is 0 Å². The van der Waals surface area contributed by atoms with Gasteiger partial charge in [0.1, 0.15) is 6.07 Å². The van der Waals surface area contributed by atoms with E-state index in [0.29, 0.717) is 41.8 Å². The lowest BCUT2D eigenvalue weighted by Crippen LogP contribution is -2.42. The van der Waals surface area contributed by atoms with Crippen molar-refractivity contribution in [2.45, 2.75) is 12.8 Å². The van der Waals surface area contributed by atoms with Crippen molar-refractivity contribution >= 4 is 27.6 Å². The molecule has 1 saturated heterocycles. The molecule has 1 fully saturated rings. The minimum atomic E-state index is -0.826. The number of anilines is 1. The van der Waals surface area contributed by atoms with Gasteiger partial charge in [0.25, 0.3) is 0 Å². The zero-order chi connectivity index (χ0) is 14.6. The number of nitrogens with zero attached hydrogens (tertiary/aromatic N) is 1. The van der Waals surface area contributed by atoms with Crippen LogP contribution in [0.2, 0.25) is 0 Å². The first kappa shape index (κ1) is 14.8. The molecule has 6 heteroatoms. The third-order valence-electron chi connectivity index (χ3n) is 3.65. The smallest absolute Gasteiger partial charge is 0.311 e. The Morgan fingerprint density at radius 2 is 2.20 bits per heavy atom. The molecule has 0 aromatic heterocycles. The first-order chi connectivity index (χ1) is 9.59. The average Bonchev–Trinajstić information content (AvgIpc) is 2.46. The molecule has 0 unspecified atom stereocenters. The summed E-state index contributed by atoms with van der Waals surface area (Å²) < 4.78 is 5.94. The van der Waals surface area contributed by atoms with Crippen LogP contribution in [0.4, 0.5) is 5.69 Å². The molecule has 1 aliphatic heterocycles. The van der Waals surface area contributed by atoms with Crippen molar-refractivity contribution in [2.75, 3.05) is 25.1 Å². The number of aliphatic carboxylic acids is 1. The van der Waals surface area contributed by atoms with E-state index in [0.717, 1.165) is 0 Å². The second kappa shape index (κ2) is 6.25. The Balaban J connectivity index is 2.17. The molecule has 1 aliphatic rings. The van der Waals surface area contributed by atoms with Crippen LogP contribution in [0.3, 0.4) is 0 Å². The Morgan fingerprint density at radius 1 is 1.50 bits per heavy atom. The van der Waals surface area contributed by atoms with Crippen LogP contribution >= 0.6 is 15.9 Å². The van der Waals surface area contributed by atoms with Gasteiger partial charge in [-0.2, -0.15) is 5.26 Å². The number of rotatable bonds is 4. The van der Waals surface area contributed by atoms with E-state index >= 15 is 0 Å². The third kappa shape index (κ3) is 2.94. The summed E-state index contributed by atoms with van der Waals surface area (Å²) in [6, 6.07) is 7.48. The highest BCUT2D eigenvalue weighted by Gasteiger charge is 2.40. The zero-order valence-electron chi connectivity index (χ0n) is 10.9. The summed E-state index contributed by atoms with van der Waals surface area (Å²) in [4.78, 5) is 11.5. The number of carbonyl (C=O) groups is 1. The fourth-order valence-electron chi connectivity index (χ4n) is 2.28. The molecule has 1 heterocycles. The Labute approximate surface area is 125 Å². The maximum atomic E-state index is 11.5. The van der Waals surface area contributed by atoms with Gasteiger partial charge < -0.3 is 15.2 Å². The van der Waals surface area contributed by atoms with Crippen LogP contribution in [0.1, 0.15) is 18.4 Å². The van der Waals surface area contributed by atoms with Crippen molar-refractivity contribution in [3.63, 3.8) is 0 Å². The van der Waals surface area contributed by atoms with E-state index < -0.39 is 11.4 Å². The molecule has 2 N–H and O–H groups in total. The Morgan fingerprint density at radius 3 is 2.80 bits per heavy atom. The van der Waals surface area contributed by atoms with Gasteiger partial charge in [-0.3, -0.25) is 4.79 Å². The maximum Gasteiger partial charge on any atom is 0.311 e. The largest absolute Gasteiger partial charge is 0.481 e. The van der Waals surface area contributed by atoms with Gasteiger partial charge in [0.2, 0.25) is 0 Å². The molecule has 0 spiro atoms. The lowest BCUT2D eigenvalue weighted by molar-refractivity contribution is -0.153. The van der Waals surface area contributed by atoms with E-state index in [1.807, 2.05) is 6.07 Å². The summed E-state index contributed by atoms with van der Waals surface area (Å²) in [5, 5.41) is 21.7. The summed E-state index contributed by atoms with van der Waals surface area (Å²) in [6.07, 6.45) is 0.955. The third-order valence-corrected chi connectivity index (χ3v) is 4.31. The molecule has 0 bridgehead atoms. The second-order valence-corrected chi connectivity index (χ2v) is 5.68. The number of benzene rings is 1. The fraction of sp³-hybridized carbons (Fsp3) is 0.429. The number of halogens is 1. The van der Waals surface area contributed by atoms with Crippen molar-refractivity contribution in [1.82, 2.24) is 0 Å². The van der Waals surface area contributed by atoms with E-state index in [-0.39, 0.29) is 6.54 Å². The monoisotopic (exact) mass is 338 g/mol. The van der Waals surface area contributed by atoms with Crippen molar-refractivity contribution in [1.29, 1.82) is 5.26 Å². The minimum absolute atomic E-state index is 0.289. The highest BCUT2D eigenvalue weighted by molar-refractivity contribution is 9.10. The Bertz CT molecular complexity index is 548. The SMILES string of the molecule is N#Cc1c(Br)cccc1NCC1(C(=O)O)CCOCC1. The Hall–Kier alpha value is -1.58. The molecular formula is C14H15BrN2O3. The van der Waals surface area contributed by atoms with Gasteiger partial charge in [-0.25, -0.2) is 0 Å². The second-order valence-electron chi connectivity index (χ2n) is 4.83. The maximum absolute atomic E-state index is 11.5. The lowest BCUT2D eigenvalue weighted by atomic mass is 9.80. The van der Waals surface area contributed by atoms with Crippen LogP contribution in [-0.4, -0.2) is 30.8 Å². The molecule has 20 heavy (non-hydrogen) atoms. The van der Waals surface area contributed by atoms with E-state index in [4.69, 9.17) is 10.00 Å². The highest BCUT2D eigenvalue weighted by atomic mass is 79.9. The van der Waals surface area contributed by atoms with Crippen LogP contribution in [0, 0.1) is 16.7 Å². The Kier molecular flexibility index (Phi) is 4.63. The summed E-state index contributed by atoms with van der Waals surface area (Å²) in [7, 11) is 0. The number of carboxylic acids is 1. The van der Waals surface area contributed by atoms with Gasteiger partial charge in [-0.15, -0.1) is 0 Å². The predicted octanol–water partition coefficient (Wildman–Crippen LogP) is 2.61. The standard InChI is InChI=1S/C14H15BrN2O3/c15-11-2-1-3-12(10(11)8-16)17-9-14(13(18)19)4-6-20-7-5-14/h1-3,17H,4-7,9H2,(H,18,19). The summed E-state index contributed by atoms with van der Waals surface area (Å²) in [5.74, 6) is -0.818. The van der Waals surface area contributed by atoms with E-state index in [2.05, 4.69) is 27.3 Å². The topological polar surface area (TPSA) is 82.4 Å². The molecule has 1 aromatic rings. The van der Waals surface area contributed by atoms with Crippen LogP contribution in [0.15, 0.2) is 22.7 Å². The van der Waals surface area contributed by atoms with Crippen LogP contribution < -0.4 is 5.32 Å². The highest BCUT2D eigenvalue weighted by Crippen LogP contribution is 2.32. The molecular weight excluding hydrogens is 324 g/mol. The molecule has 5 nitrogen and oxygen atoms in total. The molecule has 2 rings (SSSR count). The van der Waals surface area contributed by atoms with Gasteiger partial charge in [0, 0.05) is 24.2 Å². The number of hydrogen-bond acceptors (Lipinski definition) is 4. The van der Waals surface area contributed by atoms with Crippen LogP contribution in [0.25, 0.3) is 0 Å². The predicted molar refractivity (Wildman–Crippen MR) is 77.5 cm³/mol. The fourth-order valence-corrected chi connectivity index (χ4v) is 2.73. The molecule has 106 valence electrons. The number of nitriles is 1. The first-order valence-corrected chi connectivity index (χ1v) is 7.12. The molecule has 0 radical (unpaired) electrons. The quantitative estimate of drug-likeness (QED) is 0.881. The van der Waals surface area contributed by atoms with Gasteiger partial charge in [-0.05, 0) is 40.9 Å². The molecule has 0 atom stereocenters. The molecule has 0 aliphatic carbocycles. The average molecular weight is 339 g/mol. The summed E-state index contributed by atoms with van der Waals surface area (Å²) in [6.45, 7) is 1.20. The van der Waals surface area contributed by atoms with Crippen molar-refractivity contribution < 1.29 is 14.6 Å².